The van der Waals surface area contributed by atoms with Gasteiger partial charge < -0.3 is 4.74 Å². The Morgan fingerprint density at radius 1 is 1.73 bits per heavy atom. The lowest BCUT2D eigenvalue weighted by Crippen LogP contribution is -1.99. The molecule has 0 fully saturated rings. The number of nitrogens with one attached hydrogen (secondary N) is 1. The van der Waals surface area contributed by atoms with E-state index < -0.39 is 0 Å². The van der Waals surface area contributed by atoms with E-state index in [9.17, 15) is 0 Å². The van der Waals surface area contributed by atoms with Gasteiger partial charge in [0.05, 0.1) is 17.8 Å². The van der Waals surface area contributed by atoms with E-state index in [-0.39, 0.29) is 0 Å². The third-order valence-electron chi connectivity index (χ3n) is 1.52. The van der Waals surface area contributed by atoms with Crippen LogP contribution in [0.25, 0.3) is 0 Å². The van der Waals surface area contributed by atoms with Crippen LogP contribution in [0.4, 0.5) is 0 Å². The summed E-state index contributed by atoms with van der Waals surface area (Å²) in [6, 6.07) is 2.03. The molecular formula is C7H5N3O. The molecule has 0 bridgehead atoms. The van der Waals surface area contributed by atoms with Gasteiger partial charge in [0.25, 0.3) is 0 Å². The summed E-state index contributed by atoms with van der Waals surface area (Å²) in [7, 11) is 0. The van der Waals surface area contributed by atoms with Crippen molar-refractivity contribution in [2.75, 3.05) is 0 Å². The van der Waals surface area contributed by atoms with Gasteiger partial charge >= 0.3 is 0 Å². The smallest absolute Gasteiger partial charge is 0.217 e. The fraction of sp³-hybridized carbons (Fsp3) is 0.143. The Balaban J connectivity index is 2.35. The number of H-pyrrole nitrogens is 1. The van der Waals surface area contributed by atoms with Crippen LogP contribution in [-0.4, -0.2) is 10.2 Å². The first-order chi connectivity index (χ1) is 5.40. The van der Waals surface area contributed by atoms with Gasteiger partial charge in [0.1, 0.15) is 6.26 Å². The summed E-state index contributed by atoms with van der Waals surface area (Å²) >= 11 is 0. The number of aromatic nitrogens is 2. The van der Waals surface area contributed by atoms with Crippen molar-refractivity contribution < 1.29 is 4.74 Å². The van der Waals surface area contributed by atoms with Crippen molar-refractivity contribution in [3.63, 3.8) is 0 Å². The third kappa shape index (κ3) is 0.867. The Hall–Kier alpha value is -1.76. The van der Waals surface area contributed by atoms with E-state index in [2.05, 4.69) is 10.2 Å². The highest BCUT2D eigenvalue weighted by atomic mass is 16.5. The van der Waals surface area contributed by atoms with Crippen molar-refractivity contribution >= 4 is 0 Å². The lowest BCUT2D eigenvalue weighted by atomic mass is 10.1. The molecule has 11 heavy (non-hydrogen) atoms. The van der Waals surface area contributed by atoms with Crippen LogP contribution in [0.2, 0.25) is 0 Å². The standard InChI is InChI=1S/C7H5N3O/c8-2-5-1-6-3-9-10-7(6)11-4-5/h3-4H,1H2,(H,9,10). The monoisotopic (exact) mass is 147 g/mol. The van der Waals surface area contributed by atoms with Gasteiger partial charge in [-0.25, -0.2) is 5.10 Å². The molecule has 1 aliphatic heterocycles. The van der Waals surface area contributed by atoms with Crippen LogP contribution in [0.1, 0.15) is 5.56 Å². The van der Waals surface area contributed by atoms with Gasteiger partial charge in [0, 0.05) is 12.0 Å². The average Bonchev–Trinajstić information content (AvgIpc) is 2.50. The Kier molecular flexibility index (Phi) is 1.16. The highest BCUT2D eigenvalue weighted by molar-refractivity contribution is 5.37. The lowest BCUT2D eigenvalue weighted by Gasteiger charge is -2.06. The summed E-state index contributed by atoms with van der Waals surface area (Å²) in [4.78, 5) is 0. The number of nitrogens with zero attached hydrogens (tertiary/aromatic N) is 2. The van der Waals surface area contributed by atoms with Crippen LogP contribution in [0.5, 0.6) is 5.88 Å². The second-order valence-corrected chi connectivity index (χ2v) is 2.27. The molecule has 0 saturated heterocycles. The molecule has 1 aromatic heterocycles. The van der Waals surface area contributed by atoms with Crippen LogP contribution >= 0.6 is 0 Å². The molecular weight excluding hydrogens is 142 g/mol. The van der Waals surface area contributed by atoms with Crippen LogP contribution in [0.3, 0.4) is 0 Å². The maximum absolute atomic E-state index is 8.53. The van der Waals surface area contributed by atoms with Crippen molar-refractivity contribution in [1.29, 1.82) is 5.26 Å². The first-order valence-electron chi connectivity index (χ1n) is 3.18. The van der Waals surface area contributed by atoms with E-state index in [1.807, 2.05) is 6.07 Å². The zero-order valence-electron chi connectivity index (χ0n) is 5.66. The maximum atomic E-state index is 8.53. The van der Waals surface area contributed by atoms with Gasteiger partial charge in [-0.15, -0.1) is 0 Å². The second-order valence-electron chi connectivity index (χ2n) is 2.27. The largest absolute Gasteiger partial charge is 0.446 e. The molecule has 4 heteroatoms. The number of allylic oxidation sites excluding steroid dienone is 1. The summed E-state index contributed by atoms with van der Waals surface area (Å²) in [6.45, 7) is 0. The minimum Gasteiger partial charge on any atom is -0.446 e. The summed E-state index contributed by atoms with van der Waals surface area (Å²) in [5, 5.41) is 15.0. The minimum atomic E-state index is 0.613. The fourth-order valence-corrected chi connectivity index (χ4v) is 0.970. The Bertz CT molecular complexity index is 345. The molecule has 0 aliphatic carbocycles. The zero-order valence-corrected chi connectivity index (χ0v) is 5.66. The van der Waals surface area contributed by atoms with Crippen LogP contribution in [-0.2, 0) is 6.42 Å². The first-order valence-corrected chi connectivity index (χ1v) is 3.18. The number of aromatic amines is 1. The van der Waals surface area contributed by atoms with Gasteiger partial charge in [-0.1, -0.05) is 0 Å². The van der Waals surface area contributed by atoms with E-state index in [1.165, 1.54) is 6.26 Å². The molecule has 0 spiro atoms. The Labute approximate surface area is 63.1 Å². The van der Waals surface area contributed by atoms with Gasteiger partial charge in [-0.05, 0) is 0 Å². The molecule has 0 aromatic carbocycles. The molecule has 0 amide bonds. The van der Waals surface area contributed by atoms with Crippen LogP contribution in [0.15, 0.2) is 18.0 Å². The SMILES string of the molecule is N#CC1=COc2[nH]ncc2C1. The van der Waals surface area contributed by atoms with Crippen molar-refractivity contribution in [3.8, 4) is 11.9 Å². The fourth-order valence-electron chi connectivity index (χ4n) is 0.970. The van der Waals surface area contributed by atoms with Crippen LogP contribution < -0.4 is 4.74 Å². The van der Waals surface area contributed by atoms with Gasteiger partial charge in [0.15, 0.2) is 0 Å². The molecule has 0 radical (unpaired) electrons. The summed E-state index contributed by atoms with van der Waals surface area (Å²) in [6.07, 6.45) is 3.72. The summed E-state index contributed by atoms with van der Waals surface area (Å²) in [5.41, 5.74) is 1.56. The van der Waals surface area contributed by atoms with Gasteiger partial charge in [-0.2, -0.15) is 10.4 Å². The van der Waals surface area contributed by atoms with E-state index in [0.29, 0.717) is 17.9 Å². The van der Waals surface area contributed by atoms with Crippen molar-refractivity contribution in [1.82, 2.24) is 10.2 Å². The molecule has 1 aromatic rings. The molecule has 4 nitrogen and oxygen atoms in total. The van der Waals surface area contributed by atoms with Crippen molar-refractivity contribution in [2.24, 2.45) is 0 Å². The van der Waals surface area contributed by atoms with Gasteiger partial charge in [-0.3, -0.25) is 0 Å². The van der Waals surface area contributed by atoms with Gasteiger partial charge in [0.2, 0.25) is 5.88 Å². The molecule has 1 aliphatic rings. The minimum absolute atomic E-state index is 0.613. The number of fused-ring (bicyclic) bond motifs is 1. The first kappa shape index (κ1) is 5.98. The number of hydrogen-bond donors (Lipinski definition) is 1. The number of rotatable bonds is 0. The van der Waals surface area contributed by atoms with E-state index >= 15 is 0 Å². The van der Waals surface area contributed by atoms with E-state index in [0.717, 1.165) is 5.56 Å². The number of hydrogen-bond acceptors (Lipinski definition) is 3. The molecule has 0 atom stereocenters. The predicted molar refractivity (Wildman–Crippen MR) is 36.6 cm³/mol. The predicted octanol–water partition coefficient (Wildman–Crippen LogP) is 0.752. The maximum Gasteiger partial charge on any atom is 0.217 e. The quantitative estimate of drug-likeness (QED) is 0.589. The molecule has 2 rings (SSSR count). The second kappa shape index (κ2) is 2.13. The van der Waals surface area contributed by atoms with Crippen molar-refractivity contribution in [2.45, 2.75) is 6.42 Å². The summed E-state index contributed by atoms with van der Waals surface area (Å²) in [5.74, 6) is 0.643. The van der Waals surface area contributed by atoms with E-state index in [1.54, 1.807) is 6.20 Å². The lowest BCUT2D eigenvalue weighted by molar-refractivity contribution is 0.441. The van der Waals surface area contributed by atoms with Crippen molar-refractivity contribution in [3.05, 3.63) is 23.6 Å². The van der Waals surface area contributed by atoms with Crippen LogP contribution in [0, 0.1) is 11.3 Å². The molecule has 0 saturated carbocycles. The summed E-state index contributed by atoms with van der Waals surface area (Å²) < 4.78 is 5.06. The zero-order chi connectivity index (χ0) is 7.68. The number of ether oxygens (including phenoxy) is 1. The third-order valence-corrected chi connectivity index (χ3v) is 1.52. The average molecular weight is 147 g/mol. The normalized spacial score (nSPS) is 14.3. The Morgan fingerprint density at radius 2 is 2.64 bits per heavy atom. The highest BCUT2D eigenvalue weighted by Crippen LogP contribution is 2.22. The molecule has 2 heterocycles. The molecule has 1 N–H and O–H groups in total. The molecule has 0 unspecified atom stereocenters. The number of nitriles is 1. The molecule has 54 valence electrons. The Morgan fingerprint density at radius 3 is 3.45 bits per heavy atom. The van der Waals surface area contributed by atoms with E-state index in [4.69, 9.17) is 10.00 Å². The highest BCUT2D eigenvalue weighted by Gasteiger charge is 2.13. The topological polar surface area (TPSA) is 61.7 Å².